The first-order valence-corrected chi connectivity index (χ1v) is 8.47. The van der Waals surface area contributed by atoms with Crippen LogP contribution in [0.15, 0.2) is 42.7 Å². The van der Waals surface area contributed by atoms with Gasteiger partial charge in [0.25, 0.3) is 5.91 Å². The average molecular weight is 327 g/mol. The maximum Gasteiger partial charge on any atom is 0.254 e. The van der Waals surface area contributed by atoms with Gasteiger partial charge < -0.3 is 14.4 Å². The molecular weight excluding hydrogens is 306 g/mol. The van der Waals surface area contributed by atoms with Crippen molar-refractivity contribution in [1.82, 2.24) is 14.7 Å². The number of aromatic nitrogens is 2. The normalized spacial score (nSPS) is 22.0. The van der Waals surface area contributed by atoms with E-state index in [1.807, 2.05) is 41.4 Å². The Hall–Kier alpha value is -2.18. The zero-order valence-electron chi connectivity index (χ0n) is 13.5. The molecule has 2 fully saturated rings. The van der Waals surface area contributed by atoms with Gasteiger partial charge in [-0.3, -0.25) is 4.79 Å². The van der Waals surface area contributed by atoms with Gasteiger partial charge in [0.05, 0.1) is 24.9 Å². The molecule has 2 aromatic rings. The van der Waals surface area contributed by atoms with Crippen LogP contribution in [-0.2, 0) is 9.47 Å². The number of rotatable bonds is 3. The van der Waals surface area contributed by atoms with E-state index in [9.17, 15) is 4.79 Å². The maximum atomic E-state index is 13.0. The van der Waals surface area contributed by atoms with Crippen LogP contribution < -0.4 is 0 Å². The molecule has 2 aliphatic heterocycles. The lowest BCUT2D eigenvalue weighted by Crippen LogP contribution is -2.50. The Labute approximate surface area is 141 Å². The third-order valence-electron chi connectivity index (χ3n) is 4.66. The second-order valence-electron chi connectivity index (χ2n) is 6.17. The maximum absolute atomic E-state index is 13.0. The molecule has 2 aliphatic rings. The zero-order valence-corrected chi connectivity index (χ0v) is 13.5. The van der Waals surface area contributed by atoms with E-state index in [1.165, 1.54) is 0 Å². The van der Waals surface area contributed by atoms with Crippen LogP contribution in [0.2, 0.25) is 0 Å². The van der Waals surface area contributed by atoms with Crippen molar-refractivity contribution in [3.63, 3.8) is 0 Å². The fourth-order valence-electron chi connectivity index (χ4n) is 3.44. The largest absolute Gasteiger partial charge is 0.348 e. The predicted molar refractivity (Wildman–Crippen MR) is 87.9 cm³/mol. The molecule has 0 N–H and O–H groups in total. The van der Waals surface area contributed by atoms with Gasteiger partial charge in [-0.05, 0) is 49.6 Å². The first-order valence-electron chi connectivity index (χ1n) is 8.47. The van der Waals surface area contributed by atoms with Crippen molar-refractivity contribution in [3.8, 4) is 5.69 Å². The number of hydrogen-bond acceptors (Lipinski definition) is 4. The minimum atomic E-state index is -0.280. The first-order chi connectivity index (χ1) is 11.8. The standard InChI is InChI=1S/C18H21N3O3/c22-17(14-5-7-15(8-6-14)21-11-3-9-19-21)20-10-2-1-4-16(20)18-23-12-13-24-18/h3,5-9,11,16,18H,1-2,4,10,12-13H2. The molecule has 1 unspecified atom stereocenters. The molecule has 6 heteroatoms. The summed E-state index contributed by atoms with van der Waals surface area (Å²) in [5, 5.41) is 4.20. The fraction of sp³-hybridized carbons (Fsp3) is 0.444. The van der Waals surface area contributed by atoms with Crippen LogP contribution in [0.25, 0.3) is 5.69 Å². The van der Waals surface area contributed by atoms with Gasteiger partial charge in [-0.25, -0.2) is 4.68 Å². The zero-order chi connectivity index (χ0) is 16.4. The van der Waals surface area contributed by atoms with E-state index in [2.05, 4.69) is 5.10 Å². The Morgan fingerprint density at radius 2 is 1.92 bits per heavy atom. The van der Waals surface area contributed by atoms with Gasteiger partial charge in [0.2, 0.25) is 0 Å². The number of ether oxygens (including phenoxy) is 2. The van der Waals surface area contributed by atoms with Crippen LogP contribution in [0, 0.1) is 0 Å². The number of benzene rings is 1. The van der Waals surface area contributed by atoms with Gasteiger partial charge in [0.15, 0.2) is 6.29 Å². The van der Waals surface area contributed by atoms with Crippen molar-refractivity contribution in [3.05, 3.63) is 48.3 Å². The number of nitrogens with zero attached hydrogens (tertiary/aromatic N) is 3. The highest BCUT2D eigenvalue weighted by atomic mass is 16.7. The van der Waals surface area contributed by atoms with E-state index in [1.54, 1.807) is 10.9 Å². The highest BCUT2D eigenvalue weighted by Gasteiger charge is 2.36. The number of amides is 1. The Kier molecular flexibility index (Phi) is 4.32. The molecule has 2 saturated heterocycles. The number of likely N-dealkylation sites (tertiary alicyclic amines) is 1. The highest BCUT2D eigenvalue weighted by molar-refractivity contribution is 5.94. The summed E-state index contributed by atoms with van der Waals surface area (Å²) in [6.07, 6.45) is 6.40. The Morgan fingerprint density at radius 1 is 1.12 bits per heavy atom. The Bertz CT molecular complexity index is 678. The molecule has 0 saturated carbocycles. The summed E-state index contributed by atoms with van der Waals surface area (Å²) in [7, 11) is 0. The molecule has 0 bridgehead atoms. The molecule has 1 amide bonds. The lowest BCUT2D eigenvalue weighted by atomic mass is 10.00. The molecule has 1 atom stereocenters. The molecule has 0 spiro atoms. The summed E-state index contributed by atoms with van der Waals surface area (Å²) < 4.78 is 13.1. The molecule has 6 nitrogen and oxygen atoms in total. The average Bonchev–Trinajstić information content (AvgIpc) is 3.35. The molecule has 24 heavy (non-hydrogen) atoms. The second-order valence-corrected chi connectivity index (χ2v) is 6.17. The summed E-state index contributed by atoms with van der Waals surface area (Å²) in [6.45, 7) is 1.98. The van der Waals surface area contributed by atoms with Gasteiger partial charge >= 0.3 is 0 Å². The monoisotopic (exact) mass is 327 g/mol. The van der Waals surface area contributed by atoms with Crippen molar-refractivity contribution in [1.29, 1.82) is 0 Å². The molecule has 126 valence electrons. The molecule has 0 radical (unpaired) electrons. The topological polar surface area (TPSA) is 56.6 Å². The van der Waals surface area contributed by atoms with Crippen LogP contribution in [0.5, 0.6) is 0 Å². The second kappa shape index (κ2) is 6.75. The van der Waals surface area contributed by atoms with Gasteiger partial charge in [0.1, 0.15) is 0 Å². The third-order valence-corrected chi connectivity index (χ3v) is 4.66. The van der Waals surface area contributed by atoms with Gasteiger partial charge in [-0.15, -0.1) is 0 Å². The smallest absolute Gasteiger partial charge is 0.254 e. The minimum Gasteiger partial charge on any atom is -0.348 e. The predicted octanol–water partition coefficient (Wildman–Crippen LogP) is 2.24. The van der Waals surface area contributed by atoms with E-state index in [0.717, 1.165) is 31.5 Å². The molecule has 0 aliphatic carbocycles. The van der Waals surface area contributed by atoms with Crippen molar-refractivity contribution >= 4 is 5.91 Å². The Balaban J connectivity index is 1.53. The lowest BCUT2D eigenvalue weighted by molar-refractivity contribution is -0.100. The molecule has 4 rings (SSSR count). The van der Waals surface area contributed by atoms with E-state index < -0.39 is 0 Å². The molecule has 1 aromatic carbocycles. The number of carbonyl (C=O) groups excluding carboxylic acids is 1. The van der Waals surface area contributed by atoms with E-state index >= 15 is 0 Å². The summed E-state index contributed by atoms with van der Waals surface area (Å²) in [5.41, 5.74) is 1.63. The van der Waals surface area contributed by atoms with Crippen molar-refractivity contribution in [2.45, 2.75) is 31.6 Å². The highest BCUT2D eigenvalue weighted by Crippen LogP contribution is 2.26. The quantitative estimate of drug-likeness (QED) is 0.867. The van der Waals surface area contributed by atoms with Crippen molar-refractivity contribution in [2.75, 3.05) is 19.8 Å². The number of carbonyl (C=O) groups is 1. The third kappa shape index (κ3) is 2.95. The van der Waals surface area contributed by atoms with Crippen molar-refractivity contribution < 1.29 is 14.3 Å². The van der Waals surface area contributed by atoms with E-state index in [4.69, 9.17) is 9.47 Å². The first kappa shape index (κ1) is 15.4. The summed E-state index contributed by atoms with van der Waals surface area (Å²) in [4.78, 5) is 14.9. The summed E-state index contributed by atoms with van der Waals surface area (Å²) in [6, 6.07) is 9.45. The Morgan fingerprint density at radius 3 is 2.62 bits per heavy atom. The van der Waals surface area contributed by atoms with Crippen LogP contribution >= 0.6 is 0 Å². The van der Waals surface area contributed by atoms with Gasteiger partial charge in [-0.2, -0.15) is 5.10 Å². The van der Waals surface area contributed by atoms with E-state index in [0.29, 0.717) is 18.8 Å². The number of hydrogen-bond donors (Lipinski definition) is 0. The van der Waals surface area contributed by atoms with Crippen LogP contribution in [0.1, 0.15) is 29.6 Å². The molecule has 3 heterocycles. The van der Waals surface area contributed by atoms with Gasteiger partial charge in [0, 0.05) is 24.5 Å². The number of piperidine rings is 1. The van der Waals surface area contributed by atoms with Crippen LogP contribution in [0.4, 0.5) is 0 Å². The summed E-state index contributed by atoms with van der Waals surface area (Å²) in [5.74, 6) is 0.0471. The lowest BCUT2D eigenvalue weighted by Gasteiger charge is -2.38. The molecule has 1 aromatic heterocycles. The van der Waals surface area contributed by atoms with Crippen LogP contribution in [0.3, 0.4) is 0 Å². The summed E-state index contributed by atoms with van der Waals surface area (Å²) >= 11 is 0. The minimum absolute atomic E-state index is 0.0135. The van der Waals surface area contributed by atoms with Crippen LogP contribution in [-0.4, -0.2) is 52.7 Å². The van der Waals surface area contributed by atoms with Crippen molar-refractivity contribution in [2.24, 2.45) is 0 Å². The molecular formula is C18H21N3O3. The van der Waals surface area contributed by atoms with E-state index in [-0.39, 0.29) is 18.2 Å². The fourth-order valence-corrected chi connectivity index (χ4v) is 3.44. The van der Waals surface area contributed by atoms with Gasteiger partial charge in [-0.1, -0.05) is 0 Å². The SMILES string of the molecule is O=C(c1ccc(-n2cccn2)cc1)N1CCCCC1C1OCCO1.